The molecule has 0 aliphatic carbocycles. The van der Waals surface area contributed by atoms with E-state index in [1.165, 1.54) is 0 Å². The molecule has 2 atom stereocenters. The van der Waals surface area contributed by atoms with Crippen LogP contribution < -0.4 is 4.74 Å². The highest BCUT2D eigenvalue weighted by Crippen LogP contribution is 2.44. The Morgan fingerprint density at radius 3 is 2.87 bits per heavy atom. The maximum Gasteiger partial charge on any atom is 0.207 e. The zero-order valence-electron chi connectivity index (χ0n) is 13.2. The third-order valence-electron chi connectivity index (χ3n) is 4.49. The number of aliphatic hydroxyl groups excluding tert-OH is 1. The van der Waals surface area contributed by atoms with Gasteiger partial charge in [-0.25, -0.2) is 0 Å². The molecule has 1 saturated heterocycles. The maximum atomic E-state index is 10.9. The fourth-order valence-electron chi connectivity index (χ4n) is 3.33. The van der Waals surface area contributed by atoms with Gasteiger partial charge in [0.25, 0.3) is 0 Å². The number of aliphatic imine (C=N–C) groups is 1. The number of hydrogen-bond acceptors (Lipinski definition) is 5. The number of aliphatic hydroxyl groups is 1. The van der Waals surface area contributed by atoms with Gasteiger partial charge in [0.05, 0.1) is 17.7 Å². The van der Waals surface area contributed by atoms with Crippen molar-refractivity contribution in [2.24, 2.45) is 4.99 Å². The molecule has 118 valence electrons. The van der Waals surface area contributed by atoms with Crippen LogP contribution in [0.3, 0.4) is 0 Å². The number of ether oxygens (including phenoxy) is 1. The molecule has 0 spiro atoms. The van der Waals surface area contributed by atoms with E-state index in [4.69, 9.17) is 15.3 Å². The number of amidine groups is 1. The van der Waals surface area contributed by atoms with E-state index >= 15 is 0 Å². The predicted molar refractivity (Wildman–Crippen MR) is 83.6 cm³/mol. The third kappa shape index (κ3) is 2.52. The fraction of sp³-hybridized carbons (Fsp3) is 0.471. The first-order valence-electron chi connectivity index (χ1n) is 7.61. The molecular formula is C17H18N4O2. The first-order chi connectivity index (χ1) is 11.0. The van der Waals surface area contributed by atoms with Crippen LogP contribution in [0.25, 0.3) is 0 Å². The molecule has 1 aromatic carbocycles. The lowest BCUT2D eigenvalue weighted by atomic mass is 9.85. The third-order valence-corrected chi connectivity index (χ3v) is 4.49. The van der Waals surface area contributed by atoms with Crippen LogP contribution in [0.2, 0.25) is 0 Å². The van der Waals surface area contributed by atoms with Crippen LogP contribution in [0.15, 0.2) is 23.2 Å². The van der Waals surface area contributed by atoms with Gasteiger partial charge in [-0.2, -0.15) is 15.5 Å². The van der Waals surface area contributed by atoms with Crippen molar-refractivity contribution in [1.29, 1.82) is 10.5 Å². The van der Waals surface area contributed by atoms with Crippen LogP contribution >= 0.6 is 0 Å². The van der Waals surface area contributed by atoms with Gasteiger partial charge in [-0.1, -0.05) is 0 Å². The first-order valence-corrected chi connectivity index (χ1v) is 7.61. The molecule has 1 N–H and O–H groups in total. The minimum Gasteiger partial charge on any atom is -0.485 e. The van der Waals surface area contributed by atoms with Gasteiger partial charge in [-0.15, -0.1) is 0 Å². The van der Waals surface area contributed by atoms with E-state index in [0.717, 1.165) is 12.0 Å². The van der Waals surface area contributed by atoms with Gasteiger partial charge in [0.1, 0.15) is 23.3 Å². The minimum atomic E-state index is -0.800. The summed E-state index contributed by atoms with van der Waals surface area (Å²) in [4.78, 5) is 5.88. The molecule has 0 aromatic heterocycles. The van der Waals surface area contributed by atoms with E-state index < -0.39 is 11.7 Å². The zero-order valence-corrected chi connectivity index (χ0v) is 13.2. The van der Waals surface area contributed by atoms with Gasteiger partial charge in [0.15, 0.2) is 0 Å². The molecule has 6 heteroatoms. The normalized spacial score (nSPS) is 27.0. The number of hydrogen-bond donors (Lipinski definition) is 1. The Morgan fingerprint density at radius 1 is 1.39 bits per heavy atom. The Kier molecular flexibility index (Phi) is 3.71. The van der Waals surface area contributed by atoms with Crippen molar-refractivity contribution in [3.8, 4) is 18.0 Å². The van der Waals surface area contributed by atoms with E-state index in [1.54, 1.807) is 18.2 Å². The largest absolute Gasteiger partial charge is 0.485 e. The summed E-state index contributed by atoms with van der Waals surface area (Å²) in [6.07, 6.45) is 2.64. The van der Waals surface area contributed by atoms with Crippen molar-refractivity contribution in [2.45, 2.75) is 44.4 Å². The van der Waals surface area contributed by atoms with E-state index in [2.05, 4.69) is 11.1 Å². The predicted octanol–water partition coefficient (Wildman–Crippen LogP) is 2.11. The van der Waals surface area contributed by atoms with Crippen molar-refractivity contribution < 1.29 is 9.84 Å². The van der Waals surface area contributed by atoms with Crippen LogP contribution in [-0.2, 0) is 0 Å². The molecule has 23 heavy (non-hydrogen) atoms. The molecule has 6 nitrogen and oxygen atoms in total. The lowest BCUT2D eigenvalue weighted by molar-refractivity contribution is -0.0802. The van der Waals surface area contributed by atoms with Crippen LogP contribution in [0.5, 0.6) is 5.75 Å². The van der Waals surface area contributed by atoms with E-state index in [9.17, 15) is 5.11 Å². The zero-order chi connectivity index (χ0) is 16.6. The Bertz CT molecular complexity index is 742. The van der Waals surface area contributed by atoms with Crippen molar-refractivity contribution >= 4 is 5.84 Å². The Hall–Kier alpha value is -2.57. The highest BCUT2D eigenvalue weighted by molar-refractivity contribution is 5.85. The van der Waals surface area contributed by atoms with Gasteiger partial charge < -0.3 is 14.7 Å². The molecule has 2 unspecified atom stereocenters. The Labute approximate surface area is 135 Å². The second-order valence-corrected chi connectivity index (χ2v) is 6.38. The second-order valence-electron chi connectivity index (χ2n) is 6.38. The lowest BCUT2D eigenvalue weighted by Gasteiger charge is -2.45. The fourth-order valence-corrected chi connectivity index (χ4v) is 3.33. The summed E-state index contributed by atoms with van der Waals surface area (Å²) in [5.74, 6) is 1.34. The summed E-state index contributed by atoms with van der Waals surface area (Å²) in [6, 6.07) is 6.97. The summed E-state index contributed by atoms with van der Waals surface area (Å²) in [5, 5.41) is 28.9. The topological polar surface area (TPSA) is 92.6 Å². The number of nitriles is 2. The lowest BCUT2D eigenvalue weighted by Crippen LogP contribution is -2.53. The van der Waals surface area contributed by atoms with Gasteiger partial charge in [-0.3, -0.25) is 0 Å². The monoisotopic (exact) mass is 310 g/mol. The number of benzene rings is 1. The molecule has 2 aliphatic heterocycles. The summed E-state index contributed by atoms with van der Waals surface area (Å²) in [6.45, 7) is 4.39. The summed E-state index contributed by atoms with van der Waals surface area (Å²) < 4.78 is 5.93. The summed E-state index contributed by atoms with van der Waals surface area (Å²) in [7, 11) is 0. The quantitative estimate of drug-likeness (QED) is 0.802. The summed E-state index contributed by atoms with van der Waals surface area (Å²) >= 11 is 0. The summed E-state index contributed by atoms with van der Waals surface area (Å²) in [5.41, 5.74) is 0.511. The SMILES string of the molecule is CC1(C)Oc2ccc(C#N)cc2C(N2CCC/C2=N\C#N)C1O. The molecule has 0 amide bonds. The van der Waals surface area contributed by atoms with Gasteiger partial charge in [0, 0.05) is 18.5 Å². The van der Waals surface area contributed by atoms with Crippen molar-refractivity contribution in [1.82, 2.24) is 4.90 Å². The van der Waals surface area contributed by atoms with E-state index in [-0.39, 0.29) is 6.04 Å². The average Bonchev–Trinajstić information content (AvgIpc) is 2.96. The molecule has 3 rings (SSSR count). The molecule has 1 fully saturated rings. The molecule has 2 heterocycles. The minimum absolute atomic E-state index is 0.378. The van der Waals surface area contributed by atoms with Crippen molar-refractivity contribution in [3.05, 3.63) is 29.3 Å². The highest BCUT2D eigenvalue weighted by atomic mass is 16.5. The molecule has 0 radical (unpaired) electrons. The van der Waals surface area contributed by atoms with E-state index in [1.807, 2.05) is 24.9 Å². The number of rotatable bonds is 1. The Balaban J connectivity index is 2.13. The van der Waals surface area contributed by atoms with Crippen LogP contribution in [0, 0.1) is 22.8 Å². The number of fused-ring (bicyclic) bond motifs is 1. The van der Waals surface area contributed by atoms with Crippen molar-refractivity contribution in [2.75, 3.05) is 6.54 Å². The average molecular weight is 310 g/mol. The van der Waals surface area contributed by atoms with Crippen LogP contribution in [0.4, 0.5) is 0 Å². The second kappa shape index (κ2) is 5.57. The molecular weight excluding hydrogens is 292 g/mol. The number of nitrogens with zero attached hydrogens (tertiary/aromatic N) is 4. The van der Waals surface area contributed by atoms with Gasteiger partial charge in [0.2, 0.25) is 6.19 Å². The maximum absolute atomic E-state index is 10.9. The molecule has 1 aromatic rings. The van der Waals surface area contributed by atoms with E-state index in [0.29, 0.717) is 30.1 Å². The molecule has 2 aliphatic rings. The highest BCUT2D eigenvalue weighted by Gasteiger charge is 2.47. The van der Waals surface area contributed by atoms with Crippen LogP contribution in [0.1, 0.15) is 43.9 Å². The standard InChI is InChI=1S/C17H18N4O2/c1-17(2)16(22)15(21-7-3-4-14(21)20-10-19)12-8-11(9-18)5-6-13(12)23-17/h5-6,8,15-16,22H,3-4,7H2,1-2H3/b20-14+. The van der Waals surface area contributed by atoms with Crippen molar-refractivity contribution in [3.63, 3.8) is 0 Å². The molecule has 0 bridgehead atoms. The van der Waals surface area contributed by atoms with Gasteiger partial charge >= 0.3 is 0 Å². The van der Waals surface area contributed by atoms with Crippen LogP contribution in [-0.4, -0.2) is 34.1 Å². The number of likely N-dealkylation sites (tertiary alicyclic amines) is 1. The van der Waals surface area contributed by atoms with Gasteiger partial charge in [-0.05, 0) is 38.5 Å². The Morgan fingerprint density at radius 2 is 2.17 bits per heavy atom. The first kappa shape index (κ1) is 15.3. The molecule has 0 saturated carbocycles. The smallest absolute Gasteiger partial charge is 0.207 e.